The summed E-state index contributed by atoms with van der Waals surface area (Å²) in [7, 11) is 0. The molecule has 3 aromatic rings. The van der Waals surface area contributed by atoms with Crippen LogP contribution in [0.1, 0.15) is 43.2 Å². The molecule has 0 saturated heterocycles. The molecule has 5 heteroatoms. The SMILES string of the molecule is CCC(CCCc1ccc(F)c(Oc2ccccc2)c1)c1ccc(OC(F)F)cc1. The Morgan fingerprint density at radius 1 is 0.867 bits per heavy atom. The minimum absolute atomic E-state index is 0.167. The Bertz CT molecular complexity index is 911. The molecule has 0 aliphatic heterocycles. The van der Waals surface area contributed by atoms with Gasteiger partial charge in [0.1, 0.15) is 11.5 Å². The van der Waals surface area contributed by atoms with Crippen LogP contribution in [-0.2, 0) is 6.42 Å². The average Bonchev–Trinajstić information content (AvgIpc) is 2.74. The summed E-state index contributed by atoms with van der Waals surface area (Å²) in [5.41, 5.74) is 2.11. The number of para-hydroxylation sites is 1. The zero-order valence-electron chi connectivity index (χ0n) is 16.9. The van der Waals surface area contributed by atoms with Crippen molar-refractivity contribution in [2.75, 3.05) is 0 Å². The highest BCUT2D eigenvalue weighted by atomic mass is 19.3. The van der Waals surface area contributed by atoms with Crippen molar-refractivity contribution in [3.05, 3.63) is 89.7 Å². The third-order valence-corrected chi connectivity index (χ3v) is 5.05. The van der Waals surface area contributed by atoms with Crippen molar-refractivity contribution in [3.8, 4) is 17.2 Å². The first-order chi connectivity index (χ1) is 14.5. The molecule has 1 atom stereocenters. The molecule has 1 unspecified atom stereocenters. The number of halogens is 3. The van der Waals surface area contributed by atoms with E-state index in [4.69, 9.17) is 4.74 Å². The molecule has 3 rings (SSSR count). The van der Waals surface area contributed by atoms with Crippen LogP contribution in [0.5, 0.6) is 17.2 Å². The molecule has 0 amide bonds. The van der Waals surface area contributed by atoms with Crippen LogP contribution in [0, 0.1) is 5.82 Å². The van der Waals surface area contributed by atoms with E-state index in [1.54, 1.807) is 36.4 Å². The van der Waals surface area contributed by atoms with Gasteiger partial charge >= 0.3 is 6.61 Å². The number of rotatable bonds is 10. The molecule has 0 radical (unpaired) electrons. The number of ether oxygens (including phenoxy) is 2. The molecule has 0 bridgehead atoms. The second-order valence-corrected chi connectivity index (χ2v) is 7.12. The normalized spacial score (nSPS) is 12.0. The van der Waals surface area contributed by atoms with Crippen LogP contribution in [-0.4, -0.2) is 6.61 Å². The third kappa shape index (κ3) is 6.28. The number of alkyl halides is 2. The number of hydrogen-bond donors (Lipinski definition) is 0. The van der Waals surface area contributed by atoms with Crippen LogP contribution in [0.2, 0.25) is 0 Å². The molecule has 0 fully saturated rings. The molecular formula is C25H25F3O2. The summed E-state index contributed by atoms with van der Waals surface area (Å²) in [6, 6.07) is 21.0. The molecular weight excluding hydrogens is 389 g/mol. The van der Waals surface area contributed by atoms with Gasteiger partial charge in [-0.1, -0.05) is 43.3 Å². The van der Waals surface area contributed by atoms with Gasteiger partial charge in [0.15, 0.2) is 11.6 Å². The van der Waals surface area contributed by atoms with Crippen LogP contribution < -0.4 is 9.47 Å². The second kappa shape index (κ2) is 10.7. The first-order valence-electron chi connectivity index (χ1n) is 10.1. The topological polar surface area (TPSA) is 18.5 Å². The van der Waals surface area contributed by atoms with Crippen molar-refractivity contribution in [1.82, 2.24) is 0 Å². The number of hydrogen-bond acceptors (Lipinski definition) is 2. The maximum Gasteiger partial charge on any atom is 0.387 e. The largest absolute Gasteiger partial charge is 0.454 e. The average molecular weight is 414 g/mol. The Kier molecular flexibility index (Phi) is 7.77. The highest BCUT2D eigenvalue weighted by Crippen LogP contribution is 2.29. The van der Waals surface area contributed by atoms with Gasteiger partial charge in [-0.3, -0.25) is 0 Å². The van der Waals surface area contributed by atoms with Crippen molar-refractivity contribution >= 4 is 0 Å². The van der Waals surface area contributed by atoms with Crippen LogP contribution in [0.15, 0.2) is 72.8 Å². The van der Waals surface area contributed by atoms with E-state index in [1.165, 1.54) is 6.07 Å². The van der Waals surface area contributed by atoms with Gasteiger partial charge in [-0.15, -0.1) is 0 Å². The molecule has 0 heterocycles. The van der Waals surface area contributed by atoms with Gasteiger partial charge < -0.3 is 9.47 Å². The Morgan fingerprint density at radius 2 is 1.60 bits per heavy atom. The van der Waals surface area contributed by atoms with Gasteiger partial charge in [-0.25, -0.2) is 4.39 Å². The Balaban J connectivity index is 1.57. The zero-order chi connectivity index (χ0) is 21.3. The minimum Gasteiger partial charge on any atom is -0.454 e. The summed E-state index contributed by atoms with van der Waals surface area (Å²) in [6.07, 6.45) is 3.61. The van der Waals surface area contributed by atoms with Gasteiger partial charge in [-0.05, 0) is 79.1 Å². The van der Waals surface area contributed by atoms with E-state index >= 15 is 0 Å². The smallest absolute Gasteiger partial charge is 0.387 e. The van der Waals surface area contributed by atoms with Crippen molar-refractivity contribution in [3.63, 3.8) is 0 Å². The van der Waals surface area contributed by atoms with Crippen molar-refractivity contribution in [2.24, 2.45) is 0 Å². The highest BCUT2D eigenvalue weighted by molar-refractivity contribution is 5.35. The molecule has 0 spiro atoms. The third-order valence-electron chi connectivity index (χ3n) is 5.05. The van der Waals surface area contributed by atoms with Gasteiger partial charge in [0, 0.05) is 0 Å². The first-order valence-corrected chi connectivity index (χ1v) is 10.1. The fourth-order valence-corrected chi connectivity index (χ4v) is 3.48. The van der Waals surface area contributed by atoms with Gasteiger partial charge in [-0.2, -0.15) is 8.78 Å². The van der Waals surface area contributed by atoms with E-state index in [0.29, 0.717) is 11.7 Å². The molecule has 0 aromatic heterocycles. The molecule has 2 nitrogen and oxygen atoms in total. The van der Waals surface area contributed by atoms with Crippen molar-refractivity contribution < 1.29 is 22.6 Å². The van der Waals surface area contributed by atoms with E-state index in [2.05, 4.69) is 11.7 Å². The fraction of sp³-hybridized carbons (Fsp3) is 0.280. The molecule has 0 saturated carbocycles. The lowest BCUT2D eigenvalue weighted by Gasteiger charge is -2.16. The maximum absolute atomic E-state index is 14.1. The highest BCUT2D eigenvalue weighted by Gasteiger charge is 2.12. The summed E-state index contributed by atoms with van der Waals surface area (Å²) < 4.78 is 48.8. The minimum atomic E-state index is -2.82. The quantitative estimate of drug-likeness (QED) is 0.338. The lowest BCUT2D eigenvalue weighted by atomic mass is 9.90. The molecule has 3 aromatic carbocycles. The summed E-state index contributed by atoms with van der Waals surface area (Å²) in [5, 5.41) is 0. The number of benzene rings is 3. The summed E-state index contributed by atoms with van der Waals surface area (Å²) in [6.45, 7) is -0.706. The van der Waals surface area contributed by atoms with E-state index in [0.717, 1.165) is 36.8 Å². The maximum atomic E-state index is 14.1. The van der Waals surface area contributed by atoms with E-state index in [1.807, 2.05) is 30.3 Å². The van der Waals surface area contributed by atoms with E-state index in [9.17, 15) is 13.2 Å². The second-order valence-electron chi connectivity index (χ2n) is 7.12. The van der Waals surface area contributed by atoms with Crippen LogP contribution >= 0.6 is 0 Å². The molecule has 158 valence electrons. The Hall–Kier alpha value is -2.95. The van der Waals surface area contributed by atoms with Crippen LogP contribution in [0.4, 0.5) is 13.2 Å². The predicted octanol–water partition coefficient (Wildman–Crippen LogP) is 7.74. The monoisotopic (exact) mass is 414 g/mol. The van der Waals surface area contributed by atoms with E-state index < -0.39 is 6.61 Å². The van der Waals surface area contributed by atoms with Crippen LogP contribution in [0.25, 0.3) is 0 Å². The first kappa shape index (κ1) is 21.8. The van der Waals surface area contributed by atoms with Gasteiger partial charge in [0.05, 0.1) is 0 Å². The van der Waals surface area contributed by atoms with Crippen LogP contribution in [0.3, 0.4) is 0 Å². The summed E-state index contributed by atoms with van der Waals surface area (Å²) in [5.74, 6) is 0.923. The summed E-state index contributed by atoms with van der Waals surface area (Å²) >= 11 is 0. The Labute approximate surface area is 175 Å². The standard InChI is InChI=1S/C25H25F3O2/c1-2-19(20-12-14-22(15-13-20)30-25(27)28)8-6-7-18-11-16-23(26)24(17-18)29-21-9-4-3-5-10-21/h3-5,9-17,19,25H,2,6-8H2,1H3. The van der Waals surface area contributed by atoms with Gasteiger partial charge in [0.2, 0.25) is 0 Å². The molecule has 30 heavy (non-hydrogen) atoms. The van der Waals surface area contributed by atoms with E-state index in [-0.39, 0.29) is 17.3 Å². The fourth-order valence-electron chi connectivity index (χ4n) is 3.48. The number of aryl methyl sites for hydroxylation is 1. The molecule has 0 N–H and O–H groups in total. The molecule has 0 aliphatic rings. The Morgan fingerprint density at radius 3 is 2.27 bits per heavy atom. The van der Waals surface area contributed by atoms with Crippen molar-refractivity contribution in [1.29, 1.82) is 0 Å². The molecule has 0 aliphatic carbocycles. The zero-order valence-corrected chi connectivity index (χ0v) is 16.9. The van der Waals surface area contributed by atoms with Crippen molar-refractivity contribution in [2.45, 2.75) is 45.1 Å². The predicted molar refractivity (Wildman–Crippen MR) is 112 cm³/mol. The van der Waals surface area contributed by atoms with Gasteiger partial charge in [0.25, 0.3) is 0 Å². The lowest BCUT2D eigenvalue weighted by Crippen LogP contribution is -2.03. The summed E-state index contributed by atoms with van der Waals surface area (Å²) in [4.78, 5) is 0. The lowest BCUT2D eigenvalue weighted by molar-refractivity contribution is -0.0498.